The zero-order valence-electron chi connectivity index (χ0n) is 10.7. The summed E-state index contributed by atoms with van der Waals surface area (Å²) in [5.74, 6) is 0.161. The highest BCUT2D eigenvalue weighted by atomic mass is 16.5. The summed E-state index contributed by atoms with van der Waals surface area (Å²) < 4.78 is 5.39. The number of hydrogen-bond donors (Lipinski definition) is 3. The Morgan fingerprint density at radius 1 is 1.26 bits per heavy atom. The van der Waals surface area contributed by atoms with Crippen LogP contribution in [0.3, 0.4) is 0 Å². The van der Waals surface area contributed by atoms with Gasteiger partial charge in [0.25, 0.3) is 0 Å². The molecule has 2 amide bonds. The van der Waals surface area contributed by atoms with Crippen molar-refractivity contribution in [2.24, 2.45) is 5.73 Å². The lowest BCUT2D eigenvalue weighted by Gasteiger charge is -2.07. The fourth-order valence-electron chi connectivity index (χ4n) is 1.44. The zero-order chi connectivity index (χ0) is 14.1. The Hall–Kier alpha value is -2.24. The van der Waals surface area contributed by atoms with E-state index in [2.05, 4.69) is 5.32 Å². The molecule has 0 aliphatic heterocycles. The molecule has 0 spiro atoms. The molecule has 0 aliphatic rings. The first-order chi connectivity index (χ1) is 9.08. The number of amides is 2. The quantitative estimate of drug-likeness (QED) is 0.467. The van der Waals surface area contributed by atoms with Crippen molar-refractivity contribution in [1.29, 1.82) is 0 Å². The highest BCUT2D eigenvalue weighted by Gasteiger charge is 2.02. The fourth-order valence-corrected chi connectivity index (χ4v) is 1.44. The molecule has 5 N–H and O–H groups in total. The second kappa shape index (κ2) is 7.97. The van der Waals surface area contributed by atoms with Crippen LogP contribution in [-0.4, -0.2) is 25.0 Å². The number of carbonyl (C=O) groups is 2. The molecule has 0 aliphatic carbocycles. The molecule has 0 atom stereocenters. The number of nitrogen functional groups attached to an aromatic ring is 1. The van der Waals surface area contributed by atoms with Gasteiger partial charge < -0.3 is 21.5 Å². The number of rotatable bonds is 8. The van der Waals surface area contributed by atoms with E-state index in [4.69, 9.17) is 16.2 Å². The average Bonchev–Trinajstić information content (AvgIpc) is 2.34. The van der Waals surface area contributed by atoms with Crippen molar-refractivity contribution in [2.45, 2.75) is 19.3 Å². The summed E-state index contributed by atoms with van der Waals surface area (Å²) in [6.45, 7) is 0.727. The molecular formula is C13H19N3O3. The van der Waals surface area contributed by atoms with Gasteiger partial charge in [0.15, 0.2) is 0 Å². The largest absolute Gasteiger partial charge is 0.493 e. The van der Waals surface area contributed by atoms with Crippen LogP contribution in [0, 0.1) is 0 Å². The normalized spacial score (nSPS) is 9.89. The lowest BCUT2D eigenvalue weighted by Crippen LogP contribution is -2.26. The van der Waals surface area contributed by atoms with Gasteiger partial charge >= 0.3 is 0 Å². The minimum absolute atomic E-state index is 0.117. The summed E-state index contributed by atoms with van der Waals surface area (Å²) in [6, 6.07) is 7.03. The van der Waals surface area contributed by atoms with Crippen molar-refractivity contribution in [3.8, 4) is 5.75 Å². The van der Waals surface area contributed by atoms with E-state index in [1.54, 1.807) is 24.3 Å². The van der Waals surface area contributed by atoms with Crippen LogP contribution in [0.25, 0.3) is 0 Å². The highest BCUT2D eigenvalue weighted by molar-refractivity contribution is 5.76. The standard InChI is InChI=1S/C13H19N3O3/c14-10-3-1-4-11(9-10)19-8-6-13(18)16-7-2-5-12(15)17/h1,3-4,9H,2,5-8,14H2,(H2,15,17)(H,16,18). The summed E-state index contributed by atoms with van der Waals surface area (Å²) in [5.41, 5.74) is 11.2. The Morgan fingerprint density at radius 2 is 2.05 bits per heavy atom. The topological polar surface area (TPSA) is 107 Å². The highest BCUT2D eigenvalue weighted by Crippen LogP contribution is 2.14. The number of nitrogens with two attached hydrogens (primary N) is 2. The van der Waals surface area contributed by atoms with E-state index in [1.165, 1.54) is 0 Å². The van der Waals surface area contributed by atoms with Gasteiger partial charge in [-0.15, -0.1) is 0 Å². The van der Waals surface area contributed by atoms with Gasteiger partial charge in [-0.3, -0.25) is 9.59 Å². The summed E-state index contributed by atoms with van der Waals surface area (Å²) >= 11 is 0. The first-order valence-corrected chi connectivity index (χ1v) is 6.11. The van der Waals surface area contributed by atoms with Crippen LogP contribution in [-0.2, 0) is 9.59 Å². The predicted molar refractivity (Wildman–Crippen MR) is 72.4 cm³/mol. The van der Waals surface area contributed by atoms with Crippen molar-refractivity contribution >= 4 is 17.5 Å². The van der Waals surface area contributed by atoms with Crippen molar-refractivity contribution in [1.82, 2.24) is 5.32 Å². The van der Waals surface area contributed by atoms with E-state index in [9.17, 15) is 9.59 Å². The summed E-state index contributed by atoms with van der Waals surface area (Å²) in [4.78, 5) is 21.9. The molecule has 104 valence electrons. The molecule has 19 heavy (non-hydrogen) atoms. The van der Waals surface area contributed by atoms with Gasteiger partial charge in [-0.2, -0.15) is 0 Å². The average molecular weight is 265 g/mol. The van der Waals surface area contributed by atoms with Crippen molar-refractivity contribution in [3.05, 3.63) is 24.3 Å². The molecule has 0 unspecified atom stereocenters. The number of carbonyl (C=O) groups excluding carboxylic acids is 2. The minimum atomic E-state index is -0.362. The van der Waals surface area contributed by atoms with Gasteiger partial charge in [0.05, 0.1) is 13.0 Å². The number of nitrogens with one attached hydrogen (secondary N) is 1. The first-order valence-electron chi connectivity index (χ1n) is 6.11. The van der Waals surface area contributed by atoms with E-state index in [0.717, 1.165) is 0 Å². The van der Waals surface area contributed by atoms with E-state index in [-0.39, 0.29) is 31.3 Å². The molecule has 1 aromatic carbocycles. The maximum Gasteiger partial charge on any atom is 0.223 e. The Bertz CT molecular complexity index is 435. The molecule has 6 nitrogen and oxygen atoms in total. The molecule has 0 heterocycles. The maximum absolute atomic E-state index is 11.4. The third-order valence-corrected chi connectivity index (χ3v) is 2.38. The van der Waals surface area contributed by atoms with Crippen LogP contribution < -0.4 is 21.5 Å². The number of benzene rings is 1. The molecule has 0 aromatic heterocycles. The number of anilines is 1. The summed E-state index contributed by atoms with van der Waals surface area (Å²) in [7, 11) is 0. The van der Waals surface area contributed by atoms with Gasteiger partial charge in [0, 0.05) is 24.7 Å². The number of hydrogen-bond acceptors (Lipinski definition) is 4. The van der Waals surface area contributed by atoms with E-state index < -0.39 is 0 Å². The van der Waals surface area contributed by atoms with Crippen molar-refractivity contribution in [2.75, 3.05) is 18.9 Å². The Morgan fingerprint density at radius 3 is 2.74 bits per heavy atom. The van der Waals surface area contributed by atoms with Crippen LogP contribution in [0.2, 0.25) is 0 Å². The Balaban J connectivity index is 2.12. The monoisotopic (exact) mass is 265 g/mol. The molecule has 0 radical (unpaired) electrons. The molecule has 0 fully saturated rings. The molecular weight excluding hydrogens is 246 g/mol. The molecule has 0 saturated carbocycles. The van der Waals surface area contributed by atoms with E-state index in [0.29, 0.717) is 24.4 Å². The Kier molecular flexibility index (Phi) is 6.21. The molecule has 6 heteroatoms. The van der Waals surface area contributed by atoms with E-state index >= 15 is 0 Å². The fraction of sp³-hybridized carbons (Fsp3) is 0.385. The third kappa shape index (κ3) is 6.92. The van der Waals surface area contributed by atoms with Crippen molar-refractivity contribution in [3.63, 3.8) is 0 Å². The molecule has 1 rings (SSSR count). The molecule has 0 bridgehead atoms. The second-order valence-electron chi connectivity index (χ2n) is 4.09. The predicted octanol–water partition coefficient (Wildman–Crippen LogP) is 0.419. The minimum Gasteiger partial charge on any atom is -0.493 e. The summed E-state index contributed by atoms with van der Waals surface area (Å²) in [6.07, 6.45) is 1.09. The lowest BCUT2D eigenvalue weighted by molar-refractivity contribution is -0.122. The lowest BCUT2D eigenvalue weighted by atomic mass is 10.3. The molecule has 1 aromatic rings. The SMILES string of the molecule is NC(=O)CCCNC(=O)CCOc1cccc(N)c1. The number of primary amides is 1. The third-order valence-electron chi connectivity index (χ3n) is 2.38. The van der Waals surface area contributed by atoms with Gasteiger partial charge in [0.1, 0.15) is 5.75 Å². The Labute approximate surface area is 112 Å². The first kappa shape index (κ1) is 14.8. The maximum atomic E-state index is 11.4. The van der Waals surface area contributed by atoms with Gasteiger partial charge in [0.2, 0.25) is 11.8 Å². The number of ether oxygens (including phenoxy) is 1. The van der Waals surface area contributed by atoms with Gasteiger partial charge in [-0.25, -0.2) is 0 Å². The van der Waals surface area contributed by atoms with Crippen LogP contribution in [0.1, 0.15) is 19.3 Å². The van der Waals surface area contributed by atoms with Crippen LogP contribution in [0.5, 0.6) is 5.75 Å². The van der Waals surface area contributed by atoms with Crippen LogP contribution in [0.4, 0.5) is 5.69 Å². The zero-order valence-corrected chi connectivity index (χ0v) is 10.7. The van der Waals surface area contributed by atoms with Crippen molar-refractivity contribution < 1.29 is 14.3 Å². The van der Waals surface area contributed by atoms with Crippen LogP contribution in [0.15, 0.2) is 24.3 Å². The molecule has 0 saturated heterocycles. The van der Waals surface area contributed by atoms with Gasteiger partial charge in [-0.1, -0.05) is 6.07 Å². The smallest absolute Gasteiger partial charge is 0.223 e. The summed E-state index contributed by atoms with van der Waals surface area (Å²) in [5, 5.41) is 2.68. The van der Waals surface area contributed by atoms with Crippen LogP contribution >= 0.6 is 0 Å². The van der Waals surface area contributed by atoms with E-state index in [1.807, 2.05) is 0 Å². The second-order valence-corrected chi connectivity index (χ2v) is 4.09. The van der Waals surface area contributed by atoms with Gasteiger partial charge in [-0.05, 0) is 18.6 Å².